The first-order chi connectivity index (χ1) is 9.77. The van der Waals surface area contributed by atoms with E-state index in [1.165, 1.54) is 0 Å². The van der Waals surface area contributed by atoms with Gasteiger partial charge in [-0.25, -0.2) is 4.79 Å². The summed E-state index contributed by atoms with van der Waals surface area (Å²) in [7, 11) is 0. The summed E-state index contributed by atoms with van der Waals surface area (Å²) in [4.78, 5) is 12.0. The van der Waals surface area contributed by atoms with Gasteiger partial charge in [0.05, 0.1) is 10.9 Å². The highest BCUT2D eigenvalue weighted by Crippen LogP contribution is 2.20. The lowest BCUT2D eigenvalue weighted by Gasteiger charge is -2.05. The average Bonchev–Trinajstić information content (AvgIpc) is 2.46. The molecular weight excluding hydrogens is 248 g/mol. The van der Waals surface area contributed by atoms with Gasteiger partial charge in [-0.15, -0.1) is 0 Å². The number of unbranched alkanes of at least 4 members (excludes halogenated alkanes) is 2. The molecule has 0 fully saturated rings. The van der Waals surface area contributed by atoms with Crippen LogP contribution in [-0.4, -0.2) is 0 Å². The Hall–Kier alpha value is -2.01. The molecule has 104 valence electrons. The number of fused-ring (bicyclic) bond motifs is 1. The summed E-state index contributed by atoms with van der Waals surface area (Å²) in [6.45, 7) is 4.23. The molecule has 0 spiro atoms. The van der Waals surface area contributed by atoms with Gasteiger partial charge in [0.1, 0.15) is 5.76 Å². The Kier molecular flexibility index (Phi) is 5.01. The van der Waals surface area contributed by atoms with Gasteiger partial charge in [-0.1, -0.05) is 50.3 Å². The number of benzene rings is 1. The van der Waals surface area contributed by atoms with Crippen molar-refractivity contribution in [2.24, 2.45) is 0 Å². The van der Waals surface area contributed by atoms with Crippen LogP contribution in [-0.2, 0) is 6.42 Å². The van der Waals surface area contributed by atoms with Crippen LogP contribution in [0.2, 0.25) is 0 Å². The minimum Gasteiger partial charge on any atom is -0.426 e. The van der Waals surface area contributed by atoms with Gasteiger partial charge in [-0.05, 0) is 18.9 Å². The van der Waals surface area contributed by atoms with Crippen LogP contribution in [0.25, 0.3) is 10.8 Å². The van der Waals surface area contributed by atoms with E-state index in [-0.39, 0.29) is 5.63 Å². The van der Waals surface area contributed by atoms with Gasteiger partial charge in [-0.3, -0.25) is 0 Å². The van der Waals surface area contributed by atoms with Crippen molar-refractivity contribution < 1.29 is 4.42 Å². The van der Waals surface area contributed by atoms with Crippen LogP contribution >= 0.6 is 0 Å². The van der Waals surface area contributed by atoms with Gasteiger partial charge in [0.2, 0.25) is 0 Å². The van der Waals surface area contributed by atoms with Crippen LogP contribution in [0.15, 0.2) is 33.5 Å². The summed E-state index contributed by atoms with van der Waals surface area (Å²) in [5.41, 5.74) is 0.626. The van der Waals surface area contributed by atoms with Crippen molar-refractivity contribution in [3.63, 3.8) is 0 Å². The predicted octanol–water partition coefficient (Wildman–Crippen LogP) is 4.29. The molecule has 0 unspecified atom stereocenters. The van der Waals surface area contributed by atoms with E-state index in [0.717, 1.165) is 48.8 Å². The molecular formula is C18H20O2. The van der Waals surface area contributed by atoms with Crippen LogP contribution in [0.5, 0.6) is 0 Å². The summed E-state index contributed by atoms with van der Waals surface area (Å²) in [5, 5.41) is 1.53. The third kappa shape index (κ3) is 3.11. The highest BCUT2D eigenvalue weighted by atomic mass is 16.4. The molecule has 0 radical (unpaired) electrons. The van der Waals surface area contributed by atoms with Crippen LogP contribution in [0.1, 0.15) is 50.9 Å². The first-order valence-electron chi connectivity index (χ1n) is 7.31. The van der Waals surface area contributed by atoms with E-state index >= 15 is 0 Å². The van der Waals surface area contributed by atoms with Crippen LogP contribution in [0.4, 0.5) is 0 Å². The van der Waals surface area contributed by atoms with E-state index in [1.807, 2.05) is 18.2 Å². The fraction of sp³-hybridized carbons (Fsp3) is 0.389. The first kappa shape index (κ1) is 14.4. The molecule has 1 heterocycles. The summed E-state index contributed by atoms with van der Waals surface area (Å²) < 4.78 is 5.46. The highest BCUT2D eigenvalue weighted by Gasteiger charge is 2.10. The van der Waals surface area contributed by atoms with E-state index in [1.54, 1.807) is 6.07 Å². The number of rotatable bonds is 4. The van der Waals surface area contributed by atoms with E-state index in [2.05, 4.69) is 25.7 Å². The molecule has 0 aliphatic rings. The van der Waals surface area contributed by atoms with Crippen LogP contribution in [0.3, 0.4) is 0 Å². The maximum Gasteiger partial charge on any atom is 0.343 e. The minimum atomic E-state index is -0.261. The zero-order chi connectivity index (χ0) is 14.4. The van der Waals surface area contributed by atoms with Gasteiger partial charge in [-0.2, -0.15) is 0 Å². The number of hydrogen-bond acceptors (Lipinski definition) is 2. The lowest BCUT2D eigenvalue weighted by molar-refractivity contribution is 0.463. The smallest absolute Gasteiger partial charge is 0.343 e. The van der Waals surface area contributed by atoms with Crippen molar-refractivity contribution in [1.82, 2.24) is 0 Å². The molecule has 2 nitrogen and oxygen atoms in total. The van der Waals surface area contributed by atoms with Crippen molar-refractivity contribution in [2.75, 3.05) is 0 Å². The van der Waals surface area contributed by atoms with Crippen LogP contribution in [0, 0.1) is 11.8 Å². The lowest BCUT2D eigenvalue weighted by Crippen LogP contribution is -2.05. The molecule has 0 aliphatic carbocycles. The minimum absolute atomic E-state index is 0.261. The summed E-state index contributed by atoms with van der Waals surface area (Å²) >= 11 is 0. The van der Waals surface area contributed by atoms with Gasteiger partial charge in [0.25, 0.3) is 0 Å². The van der Waals surface area contributed by atoms with Crippen molar-refractivity contribution >= 4 is 10.8 Å². The van der Waals surface area contributed by atoms with E-state index in [0.29, 0.717) is 5.39 Å². The molecule has 0 saturated heterocycles. The first-order valence-corrected chi connectivity index (χ1v) is 7.31. The quantitative estimate of drug-likeness (QED) is 0.611. The monoisotopic (exact) mass is 268 g/mol. The molecule has 1 aromatic carbocycles. The predicted molar refractivity (Wildman–Crippen MR) is 82.9 cm³/mol. The number of hydrogen-bond donors (Lipinski definition) is 0. The normalized spacial score (nSPS) is 10.3. The topological polar surface area (TPSA) is 30.2 Å². The second kappa shape index (κ2) is 6.96. The van der Waals surface area contributed by atoms with Crippen molar-refractivity contribution in [3.8, 4) is 11.8 Å². The Morgan fingerprint density at radius 2 is 1.85 bits per heavy atom. The second-order valence-electron chi connectivity index (χ2n) is 4.89. The molecule has 2 heteroatoms. The SMILES string of the molecule is CCCCC#Cc1c(CCC)oc(=O)c2ccccc12. The van der Waals surface area contributed by atoms with Crippen molar-refractivity contribution in [2.45, 2.75) is 46.0 Å². The zero-order valence-electron chi connectivity index (χ0n) is 12.2. The fourth-order valence-electron chi connectivity index (χ4n) is 2.20. The molecule has 0 amide bonds. The van der Waals surface area contributed by atoms with Crippen molar-refractivity contribution in [1.29, 1.82) is 0 Å². The fourth-order valence-corrected chi connectivity index (χ4v) is 2.20. The molecule has 0 aliphatic heterocycles. The van der Waals surface area contributed by atoms with Crippen molar-refractivity contribution in [3.05, 3.63) is 46.0 Å². The largest absolute Gasteiger partial charge is 0.426 e. The Morgan fingerprint density at radius 3 is 2.55 bits per heavy atom. The van der Waals surface area contributed by atoms with Gasteiger partial charge in [0, 0.05) is 18.2 Å². The van der Waals surface area contributed by atoms with Gasteiger partial charge >= 0.3 is 5.63 Å². The Morgan fingerprint density at radius 1 is 1.10 bits per heavy atom. The molecule has 20 heavy (non-hydrogen) atoms. The lowest BCUT2D eigenvalue weighted by atomic mass is 10.0. The maximum absolute atomic E-state index is 12.0. The molecule has 0 saturated carbocycles. The van der Waals surface area contributed by atoms with E-state index in [4.69, 9.17) is 4.42 Å². The summed E-state index contributed by atoms with van der Waals surface area (Å²) in [6.07, 6.45) is 4.81. The average molecular weight is 268 g/mol. The molecule has 0 atom stereocenters. The highest BCUT2D eigenvalue weighted by molar-refractivity contribution is 5.87. The third-order valence-corrected chi connectivity index (χ3v) is 3.26. The second-order valence-corrected chi connectivity index (χ2v) is 4.89. The van der Waals surface area contributed by atoms with Gasteiger partial charge < -0.3 is 4.42 Å². The molecule has 2 aromatic rings. The molecule has 0 N–H and O–H groups in total. The maximum atomic E-state index is 12.0. The Balaban J connectivity index is 2.57. The van der Waals surface area contributed by atoms with Gasteiger partial charge in [0.15, 0.2) is 0 Å². The molecule has 0 bridgehead atoms. The Bertz CT molecular complexity index is 699. The molecule has 1 aromatic heterocycles. The summed E-state index contributed by atoms with van der Waals surface area (Å²) in [6, 6.07) is 7.55. The number of aryl methyl sites for hydroxylation is 1. The Labute approximate surface area is 119 Å². The molecule has 2 rings (SSSR count). The third-order valence-electron chi connectivity index (χ3n) is 3.26. The zero-order valence-corrected chi connectivity index (χ0v) is 12.2. The van der Waals surface area contributed by atoms with Crippen LogP contribution < -0.4 is 5.63 Å². The van der Waals surface area contributed by atoms with E-state index < -0.39 is 0 Å². The standard InChI is InChI=1S/C18H20O2/c1-3-5-6-7-12-15-14-11-8-9-13-16(14)18(19)20-17(15)10-4-2/h8-9,11,13H,3-6,10H2,1-2H3. The summed E-state index contributed by atoms with van der Waals surface area (Å²) in [5.74, 6) is 7.14. The van der Waals surface area contributed by atoms with E-state index in [9.17, 15) is 4.79 Å².